The summed E-state index contributed by atoms with van der Waals surface area (Å²) in [6, 6.07) is 25.7. The lowest BCUT2D eigenvalue weighted by Gasteiger charge is -2.36. The number of aryl methyl sites for hydroxylation is 5. The standard InChI is InChI=1S/C27H33N3O4S.C26H36N4O3S.C26H31N3O5S/c1-15(2)25(24-11-17(4)29-34-24)27(33)30-13-21(31)12-22(30)23(32)10-16(3)19-6-8-20(9-7-19)26-18(5)28-14-35-26;1-15(19-8-10-20(11-9-19)23-17(3)27-14-34-23)28-16(2)22-12-21(32)13-30(22)25(33)24(26(5,6)7)29-18(4)31;1-15(2)24(22-12-23(33-4)28-34-22)26(32)29-13-19(30)11-20(29)21(31)10-7-17-5-8-18(9-6-17)25-16(3)27-14-35-25/h6-9,11,14-16,21-22,25,31H,10,12-13H2,1-5H3;8-11,14-15,21-22,24,28,32H,2,12-13H2,1,3-7H3,(H,29,31);5-6,8-9,12,14-15,19-20,24,30H,7,10-11,13H2,1-4H3/t16-,21-,22+,25?;15-,21+,22-,24+;19-,20+,24-/m101/s1. The Balaban J connectivity index is 0.000000181. The number of carbonyl (C=O) groups is 6. The van der Waals surface area contributed by atoms with Gasteiger partial charge in [-0.05, 0) is 103 Å². The molecule has 3 fully saturated rings. The van der Waals surface area contributed by atoms with Crippen LogP contribution in [0.25, 0.3) is 31.3 Å². The molecule has 25 heteroatoms. The highest BCUT2D eigenvalue weighted by atomic mass is 32.1. The van der Waals surface area contributed by atoms with Crippen LogP contribution in [0.1, 0.15) is 176 Å². The molecule has 0 spiro atoms. The summed E-state index contributed by atoms with van der Waals surface area (Å²) < 4.78 is 15.9. The number of aliphatic hydroxyl groups excluding tert-OH is 3. The van der Waals surface area contributed by atoms with E-state index in [1.165, 1.54) is 23.8 Å². The first-order chi connectivity index (χ1) is 49.3. The molecule has 1 unspecified atom stereocenters. The lowest BCUT2D eigenvalue weighted by atomic mass is 9.85. The van der Waals surface area contributed by atoms with Gasteiger partial charge in [0.15, 0.2) is 17.3 Å². The molecule has 3 aromatic carbocycles. The number of aromatic nitrogens is 5. The number of Topliss-reactive ketones (excluding diaryl/α,β-unsaturated/α-hetero) is 2. The number of ketones is 2. The van der Waals surface area contributed by atoms with Crippen LogP contribution in [0.5, 0.6) is 5.88 Å². The van der Waals surface area contributed by atoms with Gasteiger partial charge in [-0.2, -0.15) is 0 Å². The Morgan fingerprint density at radius 3 is 1.41 bits per heavy atom. The molecule has 22 nitrogen and oxygen atoms in total. The topological polar surface area (TPSA) is 297 Å². The Morgan fingerprint density at radius 2 is 1.01 bits per heavy atom. The highest BCUT2D eigenvalue weighted by Crippen LogP contribution is 2.38. The summed E-state index contributed by atoms with van der Waals surface area (Å²) in [5.74, 6) is -1.07. The number of hydrogen-bond donors (Lipinski definition) is 5. The van der Waals surface area contributed by atoms with Gasteiger partial charge in [-0.25, -0.2) is 15.0 Å². The number of likely N-dealkylation sites (tertiary alicyclic amines) is 3. The average molecular weight is 1480 g/mol. The second-order valence-electron chi connectivity index (χ2n) is 29.4. The maximum atomic E-state index is 13.6. The van der Waals surface area contributed by atoms with Crippen molar-refractivity contribution >= 4 is 69.2 Å². The zero-order chi connectivity index (χ0) is 75.6. The quantitative estimate of drug-likeness (QED) is 0.0375. The van der Waals surface area contributed by atoms with Gasteiger partial charge in [0.05, 0.1) is 97.5 Å². The first-order valence-corrected chi connectivity index (χ1v) is 38.1. The van der Waals surface area contributed by atoms with Gasteiger partial charge in [0, 0.05) is 82.5 Å². The summed E-state index contributed by atoms with van der Waals surface area (Å²) in [7, 11) is 1.48. The van der Waals surface area contributed by atoms with Gasteiger partial charge in [0.25, 0.3) is 5.88 Å². The minimum atomic E-state index is -0.730. The van der Waals surface area contributed by atoms with Crippen molar-refractivity contribution in [2.45, 2.75) is 202 Å². The summed E-state index contributed by atoms with van der Waals surface area (Å²) in [5.41, 5.74) is 16.1. The molecule has 8 aromatic rings. The van der Waals surface area contributed by atoms with Crippen molar-refractivity contribution in [2.75, 3.05) is 26.7 Å². The number of amides is 4. The van der Waals surface area contributed by atoms with Crippen molar-refractivity contribution in [3.63, 3.8) is 0 Å². The van der Waals surface area contributed by atoms with E-state index in [-0.39, 0.29) is 97.5 Å². The van der Waals surface area contributed by atoms with Gasteiger partial charge < -0.3 is 54.4 Å². The third-order valence-corrected chi connectivity index (χ3v) is 22.5. The molecule has 4 amide bonds. The Hall–Kier alpha value is -8.59. The molecule has 0 bridgehead atoms. The van der Waals surface area contributed by atoms with E-state index >= 15 is 0 Å². The Labute approximate surface area is 621 Å². The number of ether oxygens (including phenoxy) is 1. The number of methoxy groups -OCH3 is 1. The van der Waals surface area contributed by atoms with Crippen molar-refractivity contribution in [2.24, 2.45) is 17.3 Å². The molecule has 3 aliphatic rings. The maximum absolute atomic E-state index is 13.6. The lowest BCUT2D eigenvalue weighted by molar-refractivity contribution is -0.140. The van der Waals surface area contributed by atoms with E-state index in [0.717, 1.165) is 60.2 Å². The molecule has 11 atom stereocenters. The summed E-state index contributed by atoms with van der Waals surface area (Å²) in [6.07, 6.45) is 0.00709. The number of nitrogens with one attached hydrogen (secondary N) is 2. The molecule has 0 radical (unpaired) electrons. The molecule has 3 aliphatic heterocycles. The highest BCUT2D eigenvalue weighted by Gasteiger charge is 2.46. The zero-order valence-electron chi connectivity index (χ0n) is 62.2. The smallest absolute Gasteiger partial charge is 0.254 e. The van der Waals surface area contributed by atoms with Crippen molar-refractivity contribution in [3.8, 4) is 37.2 Å². The highest BCUT2D eigenvalue weighted by molar-refractivity contribution is 7.14. The minimum Gasteiger partial charge on any atom is -0.479 e. The molecule has 11 rings (SSSR count). The van der Waals surface area contributed by atoms with E-state index in [0.29, 0.717) is 54.5 Å². The van der Waals surface area contributed by atoms with Gasteiger partial charge in [-0.3, -0.25) is 28.8 Å². The fourth-order valence-electron chi connectivity index (χ4n) is 13.9. The van der Waals surface area contributed by atoms with Gasteiger partial charge in [-0.15, -0.1) is 34.0 Å². The second kappa shape index (κ2) is 35.0. The molecule has 556 valence electrons. The number of benzene rings is 3. The second-order valence-corrected chi connectivity index (χ2v) is 32.0. The molecule has 8 heterocycles. The number of carbonyl (C=O) groups excluding carboxylic acids is 6. The van der Waals surface area contributed by atoms with Crippen molar-refractivity contribution in [1.82, 2.24) is 50.6 Å². The normalized spacial score (nSPS) is 19.5. The molecule has 5 aromatic heterocycles. The van der Waals surface area contributed by atoms with Gasteiger partial charge >= 0.3 is 0 Å². The van der Waals surface area contributed by atoms with E-state index in [9.17, 15) is 44.1 Å². The largest absolute Gasteiger partial charge is 0.479 e. The molecular weight excluding hydrogens is 1380 g/mol. The van der Waals surface area contributed by atoms with Crippen molar-refractivity contribution in [1.29, 1.82) is 0 Å². The zero-order valence-corrected chi connectivity index (χ0v) is 64.7. The molecule has 0 saturated carbocycles. The number of nitrogens with zero attached hydrogens (tertiary/aromatic N) is 8. The van der Waals surface area contributed by atoms with Crippen LogP contribution in [0.3, 0.4) is 0 Å². The predicted octanol–water partition coefficient (Wildman–Crippen LogP) is 12.7. The molecule has 0 aliphatic carbocycles. The monoisotopic (exact) mass is 1480 g/mol. The Bertz CT molecular complexity index is 4250. The fourth-order valence-corrected chi connectivity index (χ4v) is 16.3. The number of thiazole rings is 3. The van der Waals surface area contributed by atoms with Crippen LogP contribution < -0.4 is 15.4 Å². The van der Waals surface area contributed by atoms with Crippen LogP contribution in [-0.4, -0.2) is 160 Å². The fraction of sp³-hybridized carbons (Fsp3) is 0.481. The van der Waals surface area contributed by atoms with Gasteiger partial charge in [0.2, 0.25) is 23.6 Å². The number of β-amino-alcohol motifs (C(OH)–C–C–N with tert-alkyl or cyclic N) is 3. The third kappa shape index (κ3) is 19.5. The first-order valence-electron chi connectivity index (χ1n) is 35.5. The molecule has 104 heavy (non-hydrogen) atoms. The number of rotatable bonds is 24. The van der Waals surface area contributed by atoms with E-state index in [1.54, 1.807) is 55.9 Å². The van der Waals surface area contributed by atoms with Crippen LogP contribution in [0.4, 0.5) is 0 Å². The van der Waals surface area contributed by atoms with Crippen LogP contribution in [-0.2, 0) is 35.2 Å². The number of hydrogen-bond acceptors (Lipinski definition) is 21. The van der Waals surface area contributed by atoms with Crippen LogP contribution >= 0.6 is 34.0 Å². The molecular formula is C79H100N10O12S3. The summed E-state index contributed by atoms with van der Waals surface area (Å²) >= 11 is 4.85. The SMILES string of the molecule is C=C(N[C@@H](C)c1ccc(-c2scnc2C)cc1)[C@@H]1C[C@@H](O)CN1C(=O)[C@@H](NC(C)=O)C(C)(C)C.COc1cc([C@H](C(=O)N2C[C@H](O)C[C@H]2C(=O)CCc2ccc(-c3scnc3C)cc2)C(C)C)on1.Cc1cc(C(C(=O)N2C[C@H](O)C[C@H]2C(=O)C[C@@H](C)c2ccc(-c3scnc3C)cc2)C(C)C)on1. The summed E-state index contributed by atoms with van der Waals surface area (Å²) in [5, 5.41) is 45.0. The third-order valence-electron chi connectivity index (χ3n) is 19.6. The summed E-state index contributed by atoms with van der Waals surface area (Å²) in [4.78, 5) is 100.0. The number of aliphatic hydroxyl groups is 3. The first kappa shape index (κ1) is 79.5. The molecule has 5 N–H and O–H groups in total. The predicted molar refractivity (Wildman–Crippen MR) is 404 cm³/mol. The van der Waals surface area contributed by atoms with Crippen molar-refractivity contribution in [3.05, 3.63) is 165 Å². The average Bonchev–Trinajstić information content (AvgIpc) is 1.60. The minimum absolute atomic E-state index is 0.00776. The van der Waals surface area contributed by atoms with E-state index in [1.807, 2.05) is 131 Å². The van der Waals surface area contributed by atoms with E-state index in [4.69, 9.17) is 13.8 Å². The van der Waals surface area contributed by atoms with Gasteiger partial charge in [-0.1, -0.05) is 140 Å². The van der Waals surface area contributed by atoms with Crippen LogP contribution in [0.15, 0.2) is 123 Å². The Morgan fingerprint density at radius 1 is 0.587 bits per heavy atom. The van der Waals surface area contributed by atoms with Crippen LogP contribution in [0.2, 0.25) is 0 Å². The van der Waals surface area contributed by atoms with E-state index in [2.05, 4.69) is 91.0 Å². The summed E-state index contributed by atoms with van der Waals surface area (Å²) in [6.45, 7) is 31.5. The lowest BCUT2D eigenvalue weighted by Crippen LogP contribution is -2.56. The van der Waals surface area contributed by atoms with Crippen LogP contribution in [0, 0.1) is 44.9 Å². The van der Waals surface area contributed by atoms with Crippen molar-refractivity contribution < 1.29 is 57.9 Å². The Kier molecular flexibility index (Phi) is 26.8. The van der Waals surface area contributed by atoms with E-state index < -0.39 is 53.7 Å². The maximum Gasteiger partial charge on any atom is 0.254 e. The molecule has 3 saturated heterocycles. The van der Waals surface area contributed by atoms with Gasteiger partial charge in [0.1, 0.15) is 23.6 Å².